The van der Waals surface area contributed by atoms with Crippen LogP contribution in [0.3, 0.4) is 0 Å². The first-order valence-electron chi connectivity index (χ1n) is 10.0. The number of benzene rings is 1. The Kier molecular flexibility index (Phi) is 6.26. The Labute approximate surface area is 186 Å². The molecule has 9 nitrogen and oxygen atoms in total. The quantitative estimate of drug-likeness (QED) is 0.523. The predicted molar refractivity (Wildman–Crippen MR) is 116 cm³/mol. The van der Waals surface area contributed by atoms with E-state index in [2.05, 4.69) is 20.3 Å². The van der Waals surface area contributed by atoms with Crippen molar-refractivity contribution >= 4 is 34.9 Å². The summed E-state index contributed by atoms with van der Waals surface area (Å²) in [6, 6.07) is 5.95. The van der Waals surface area contributed by atoms with E-state index in [1.54, 1.807) is 17.5 Å². The van der Waals surface area contributed by atoms with Crippen LogP contribution in [0.2, 0.25) is 0 Å². The van der Waals surface area contributed by atoms with Crippen molar-refractivity contribution in [2.45, 2.75) is 25.2 Å². The molecule has 0 unspecified atom stereocenters. The summed E-state index contributed by atoms with van der Waals surface area (Å²) in [4.78, 5) is 49.1. The van der Waals surface area contributed by atoms with Crippen molar-refractivity contribution in [1.29, 1.82) is 0 Å². The number of nitrogens with one attached hydrogen (secondary N) is 2. The monoisotopic (exact) mass is 456 g/mol. The van der Waals surface area contributed by atoms with Crippen molar-refractivity contribution in [1.82, 2.24) is 19.9 Å². The molecular formula is C21H21FN6O3S. The van der Waals surface area contributed by atoms with Crippen LogP contribution in [0.15, 0.2) is 36.0 Å². The Morgan fingerprint density at radius 3 is 2.62 bits per heavy atom. The fourth-order valence-electron chi connectivity index (χ4n) is 3.59. The number of carbonyl (C=O) groups is 3. The molecule has 3 heterocycles. The van der Waals surface area contributed by atoms with Crippen LogP contribution in [-0.4, -0.2) is 50.7 Å². The van der Waals surface area contributed by atoms with Gasteiger partial charge in [-0.05, 0) is 30.5 Å². The zero-order valence-corrected chi connectivity index (χ0v) is 17.8. The molecule has 4 N–H and O–H groups in total. The van der Waals surface area contributed by atoms with E-state index in [-0.39, 0.29) is 41.3 Å². The topological polar surface area (TPSA) is 134 Å². The first-order valence-corrected chi connectivity index (χ1v) is 10.9. The Morgan fingerprint density at radius 2 is 1.94 bits per heavy atom. The predicted octanol–water partition coefficient (Wildman–Crippen LogP) is 2.31. The third-order valence-corrected chi connectivity index (χ3v) is 6.34. The number of nitrogens with zero attached hydrogens (tertiary/aromatic N) is 3. The number of piperidine rings is 1. The number of likely N-dealkylation sites (tertiary alicyclic amines) is 1. The van der Waals surface area contributed by atoms with E-state index in [9.17, 15) is 18.8 Å². The molecule has 0 spiro atoms. The van der Waals surface area contributed by atoms with Gasteiger partial charge in [-0.3, -0.25) is 14.4 Å². The highest BCUT2D eigenvalue weighted by atomic mass is 32.1. The Balaban J connectivity index is 1.32. The van der Waals surface area contributed by atoms with Crippen molar-refractivity contribution in [3.8, 4) is 0 Å². The van der Waals surface area contributed by atoms with Gasteiger partial charge in [-0.1, -0.05) is 12.1 Å². The summed E-state index contributed by atoms with van der Waals surface area (Å²) in [7, 11) is 0. The fraction of sp³-hybridized carbons (Fsp3) is 0.286. The van der Waals surface area contributed by atoms with Crippen LogP contribution in [-0.2, 0) is 11.2 Å². The molecule has 11 heteroatoms. The Hall–Kier alpha value is -3.60. The minimum atomic E-state index is -0.725. The molecule has 2 aromatic heterocycles. The van der Waals surface area contributed by atoms with E-state index in [4.69, 9.17) is 5.73 Å². The number of aromatic amines is 1. The normalized spacial score (nSPS) is 14.3. The van der Waals surface area contributed by atoms with E-state index in [0.717, 1.165) is 23.4 Å². The average molecular weight is 457 g/mol. The molecule has 3 amide bonds. The Morgan fingerprint density at radius 1 is 1.22 bits per heavy atom. The highest BCUT2D eigenvalue weighted by molar-refractivity contribution is 7.10. The summed E-state index contributed by atoms with van der Waals surface area (Å²) in [5.74, 6) is -1.30. The number of aromatic nitrogens is 3. The summed E-state index contributed by atoms with van der Waals surface area (Å²) in [5.41, 5.74) is 6.28. The maximum Gasteiger partial charge on any atom is 0.276 e. The van der Waals surface area contributed by atoms with Gasteiger partial charge in [-0.2, -0.15) is 0 Å². The molecular weight excluding hydrogens is 435 g/mol. The van der Waals surface area contributed by atoms with Crippen LogP contribution in [0.1, 0.15) is 50.3 Å². The largest absolute Gasteiger partial charge is 0.364 e. The molecule has 0 saturated carbocycles. The van der Waals surface area contributed by atoms with E-state index in [0.29, 0.717) is 13.1 Å². The van der Waals surface area contributed by atoms with Crippen molar-refractivity contribution in [2.75, 3.05) is 18.4 Å². The molecule has 0 aliphatic carbocycles. The molecule has 1 saturated heterocycles. The number of imidazole rings is 1. The molecule has 3 aromatic rings. The van der Waals surface area contributed by atoms with Gasteiger partial charge in [-0.15, -0.1) is 11.3 Å². The lowest BCUT2D eigenvalue weighted by Gasteiger charge is -2.31. The summed E-state index contributed by atoms with van der Waals surface area (Å²) in [6.45, 7) is 1.20. The van der Waals surface area contributed by atoms with Crippen LogP contribution < -0.4 is 11.1 Å². The van der Waals surface area contributed by atoms with Crippen LogP contribution in [0.25, 0.3) is 0 Å². The lowest BCUT2D eigenvalue weighted by Crippen LogP contribution is -2.38. The van der Waals surface area contributed by atoms with Gasteiger partial charge in [0.25, 0.3) is 11.8 Å². The van der Waals surface area contributed by atoms with Crippen molar-refractivity contribution in [3.05, 3.63) is 63.7 Å². The number of nitrogens with two attached hydrogens (primary N) is 1. The number of thiazole rings is 1. The zero-order chi connectivity index (χ0) is 22.7. The molecule has 0 bridgehead atoms. The van der Waals surface area contributed by atoms with E-state index < -0.39 is 11.8 Å². The molecule has 166 valence electrons. The number of hydrogen-bond acceptors (Lipinski definition) is 6. The van der Waals surface area contributed by atoms with Gasteiger partial charge in [0.05, 0.1) is 17.8 Å². The maximum absolute atomic E-state index is 13.0. The third kappa shape index (κ3) is 4.83. The smallest absolute Gasteiger partial charge is 0.276 e. The lowest BCUT2D eigenvalue weighted by atomic mass is 9.97. The maximum atomic E-state index is 13.0. The minimum absolute atomic E-state index is 0.0125. The fourth-order valence-corrected chi connectivity index (χ4v) is 4.56. The second kappa shape index (κ2) is 9.27. The van der Waals surface area contributed by atoms with Gasteiger partial charge in [-0.25, -0.2) is 14.4 Å². The van der Waals surface area contributed by atoms with Crippen molar-refractivity contribution < 1.29 is 18.8 Å². The number of anilines is 1. The molecule has 0 radical (unpaired) electrons. The SMILES string of the molecule is NC(=O)c1[nH]cnc1NC(=O)c1csc(C2CCN(C(=O)Cc3ccc(F)cc3)CC2)n1. The average Bonchev–Trinajstić information content (AvgIpc) is 3.45. The Bertz CT molecular complexity index is 1130. The van der Waals surface area contributed by atoms with E-state index in [1.807, 2.05) is 4.90 Å². The van der Waals surface area contributed by atoms with Gasteiger partial charge in [0.15, 0.2) is 5.82 Å². The molecule has 4 rings (SSSR count). The summed E-state index contributed by atoms with van der Waals surface area (Å²) in [6.07, 6.45) is 3.00. The molecule has 32 heavy (non-hydrogen) atoms. The number of primary amides is 1. The van der Waals surface area contributed by atoms with E-state index in [1.165, 1.54) is 29.8 Å². The molecule has 1 aliphatic rings. The second-order valence-corrected chi connectivity index (χ2v) is 8.36. The third-order valence-electron chi connectivity index (χ3n) is 5.34. The lowest BCUT2D eigenvalue weighted by molar-refractivity contribution is -0.131. The van der Waals surface area contributed by atoms with Gasteiger partial charge in [0.1, 0.15) is 17.2 Å². The number of halogens is 1. The number of carbonyl (C=O) groups excluding carboxylic acids is 3. The summed E-state index contributed by atoms with van der Waals surface area (Å²) in [5, 5.41) is 5.03. The minimum Gasteiger partial charge on any atom is -0.364 e. The van der Waals surface area contributed by atoms with Gasteiger partial charge in [0.2, 0.25) is 5.91 Å². The number of hydrogen-bond donors (Lipinski definition) is 3. The zero-order valence-electron chi connectivity index (χ0n) is 17.0. The molecule has 1 aliphatic heterocycles. The molecule has 0 atom stereocenters. The number of amides is 3. The standard InChI is InChI=1S/C21H21FN6O3S/c22-14-3-1-12(2-4-14)9-16(29)28-7-5-13(6-8-28)21-26-15(10-32-21)20(31)27-19-17(18(23)30)24-11-25-19/h1-4,10-11,13H,5-9H2,(H2,23,30)(H,24,25)(H,27,31). The first kappa shape index (κ1) is 21.6. The number of H-pyrrole nitrogens is 1. The summed E-state index contributed by atoms with van der Waals surface area (Å²) >= 11 is 1.39. The van der Waals surface area contributed by atoms with Crippen molar-refractivity contribution in [2.24, 2.45) is 5.73 Å². The van der Waals surface area contributed by atoms with Gasteiger partial charge in [0, 0.05) is 24.4 Å². The van der Waals surface area contributed by atoms with Crippen LogP contribution in [0, 0.1) is 5.82 Å². The molecule has 1 aromatic carbocycles. The van der Waals surface area contributed by atoms with Gasteiger partial charge >= 0.3 is 0 Å². The van der Waals surface area contributed by atoms with Crippen LogP contribution in [0.5, 0.6) is 0 Å². The van der Waals surface area contributed by atoms with Gasteiger partial charge < -0.3 is 20.9 Å². The highest BCUT2D eigenvalue weighted by Crippen LogP contribution is 2.30. The number of rotatable bonds is 6. The molecule has 1 fully saturated rings. The van der Waals surface area contributed by atoms with Crippen molar-refractivity contribution in [3.63, 3.8) is 0 Å². The summed E-state index contributed by atoms with van der Waals surface area (Å²) < 4.78 is 13.0. The van der Waals surface area contributed by atoms with E-state index >= 15 is 0 Å². The van der Waals surface area contributed by atoms with Crippen LogP contribution in [0.4, 0.5) is 10.2 Å². The van der Waals surface area contributed by atoms with Crippen LogP contribution >= 0.6 is 11.3 Å². The second-order valence-electron chi connectivity index (χ2n) is 7.47. The highest BCUT2D eigenvalue weighted by Gasteiger charge is 2.26. The first-order chi connectivity index (χ1) is 15.4.